The quantitative estimate of drug-likeness (QED) is 0.605. The van der Waals surface area contributed by atoms with E-state index in [1.54, 1.807) is 42.5 Å². The van der Waals surface area contributed by atoms with E-state index in [-0.39, 0.29) is 24.4 Å². The van der Waals surface area contributed by atoms with Crippen molar-refractivity contribution < 1.29 is 19.1 Å². The molecule has 0 fully saturated rings. The summed E-state index contributed by atoms with van der Waals surface area (Å²) in [6, 6.07) is 15.1. The minimum Gasteiger partial charge on any atom is -0.373 e. The number of hydrogen-bond acceptors (Lipinski definition) is 4. The van der Waals surface area contributed by atoms with Crippen LogP contribution in [-0.2, 0) is 4.74 Å². The third-order valence-corrected chi connectivity index (χ3v) is 4.10. The lowest BCUT2D eigenvalue weighted by atomic mass is 10.0. The number of carbonyl (C=O) groups is 3. The molecule has 0 aromatic heterocycles. The molecule has 0 saturated heterocycles. The van der Waals surface area contributed by atoms with Crippen LogP contribution in [0.3, 0.4) is 0 Å². The summed E-state index contributed by atoms with van der Waals surface area (Å²) >= 11 is 0. The highest BCUT2D eigenvalue weighted by Gasteiger charge is 2.20. The van der Waals surface area contributed by atoms with Crippen LogP contribution in [-0.4, -0.2) is 30.6 Å². The summed E-state index contributed by atoms with van der Waals surface area (Å²) in [7, 11) is 0. The zero-order valence-electron chi connectivity index (χ0n) is 15.7. The van der Waals surface area contributed by atoms with E-state index < -0.39 is 12.1 Å². The first-order chi connectivity index (χ1) is 12.9. The summed E-state index contributed by atoms with van der Waals surface area (Å²) < 4.78 is 4.82. The van der Waals surface area contributed by atoms with Crippen LogP contribution in [0, 0.1) is 12.8 Å². The zero-order chi connectivity index (χ0) is 19.8. The Kier molecular flexibility index (Phi) is 7.11. The van der Waals surface area contributed by atoms with Crippen molar-refractivity contribution >= 4 is 18.0 Å². The van der Waals surface area contributed by atoms with E-state index in [1.807, 2.05) is 32.9 Å². The molecule has 0 spiro atoms. The average Bonchev–Trinajstić information content (AvgIpc) is 2.65. The smallest absolute Gasteiger partial charge is 0.373 e. The van der Waals surface area contributed by atoms with Gasteiger partial charge in [0, 0.05) is 12.1 Å². The van der Waals surface area contributed by atoms with E-state index in [4.69, 9.17) is 4.74 Å². The molecule has 0 saturated carbocycles. The Hall–Kier alpha value is -3.15. The van der Waals surface area contributed by atoms with Crippen molar-refractivity contribution in [1.82, 2.24) is 10.6 Å². The highest BCUT2D eigenvalue weighted by molar-refractivity contribution is 5.96. The van der Waals surface area contributed by atoms with Crippen LogP contribution in [0.15, 0.2) is 54.6 Å². The second-order valence-corrected chi connectivity index (χ2v) is 6.61. The van der Waals surface area contributed by atoms with Crippen molar-refractivity contribution in [1.29, 1.82) is 0 Å². The van der Waals surface area contributed by atoms with Gasteiger partial charge in [0.15, 0.2) is 0 Å². The number of aryl methyl sites for hydroxylation is 1. The molecule has 27 heavy (non-hydrogen) atoms. The van der Waals surface area contributed by atoms with Gasteiger partial charge in [0.25, 0.3) is 5.91 Å². The number of rotatable bonds is 6. The van der Waals surface area contributed by atoms with Crippen LogP contribution in [0.2, 0.25) is 0 Å². The van der Waals surface area contributed by atoms with Crippen LogP contribution < -0.4 is 10.6 Å². The lowest BCUT2D eigenvalue weighted by Gasteiger charge is -2.22. The molecular weight excluding hydrogens is 344 g/mol. The highest BCUT2D eigenvalue weighted by Crippen LogP contribution is 2.06. The Morgan fingerprint density at radius 2 is 1.56 bits per heavy atom. The van der Waals surface area contributed by atoms with E-state index in [2.05, 4.69) is 10.6 Å². The monoisotopic (exact) mass is 368 g/mol. The standard InChI is InChI=1S/C21H24N2O4/c1-14(2)18(13-22-19(24)16-11-9-15(3)10-12-16)23-21(26)27-20(25)17-7-5-4-6-8-17/h4-12,14,18H,13H2,1-3H3,(H,22,24)(H,23,26)/t18-/m1/s1. The molecule has 2 N–H and O–H groups in total. The van der Waals surface area contributed by atoms with Crippen molar-refractivity contribution in [3.8, 4) is 0 Å². The van der Waals surface area contributed by atoms with E-state index in [0.717, 1.165) is 5.56 Å². The Balaban J connectivity index is 1.89. The van der Waals surface area contributed by atoms with E-state index in [0.29, 0.717) is 11.1 Å². The number of esters is 1. The molecule has 2 aromatic carbocycles. The Morgan fingerprint density at radius 3 is 2.15 bits per heavy atom. The van der Waals surface area contributed by atoms with Gasteiger partial charge in [0.1, 0.15) is 0 Å². The number of hydrogen-bond donors (Lipinski definition) is 2. The van der Waals surface area contributed by atoms with Crippen LogP contribution in [0.1, 0.15) is 40.1 Å². The lowest BCUT2D eigenvalue weighted by molar-refractivity contribution is 0.0611. The van der Waals surface area contributed by atoms with Gasteiger partial charge in [-0.2, -0.15) is 0 Å². The number of amides is 2. The highest BCUT2D eigenvalue weighted by atomic mass is 16.6. The minimum absolute atomic E-state index is 0.0303. The van der Waals surface area contributed by atoms with Gasteiger partial charge in [-0.05, 0) is 37.1 Å². The maximum Gasteiger partial charge on any atom is 0.415 e. The molecule has 2 amide bonds. The van der Waals surface area contributed by atoms with Crippen molar-refractivity contribution in [3.05, 3.63) is 71.3 Å². The van der Waals surface area contributed by atoms with Crippen LogP contribution in [0.5, 0.6) is 0 Å². The Morgan fingerprint density at radius 1 is 0.926 bits per heavy atom. The number of nitrogens with one attached hydrogen (secondary N) is 2. The van der Waals surface area contributed by atoms with Crippen LogP contribution >= 0.6 is 0 Å². The van der Waals surface area contributed by atoms with Crippen molar-refractivity contribution in [2.75, 3.05) is 6.54 Å². The maximum absolute atomic E-state index is 12.2. The Bertz CT molecular complexity index is 786. The molecular formula is C21H24N2O4. The Labute approximate surface area is 158 Å². The van der Waals surface area contributed by atoms with Gasteiger partial charge in [0.2, 0.25) is 0 Å². The van der Waals surface area contributed by atoms with Crippen molar-refractivity contribution in [2.24, 2.45) is 5.92 Å². The molecule has 0 aliphatic heterocycles. The third-order valence-electron chi connectivity index (χ3n) is 4.10. The largest absolute Gasteiger partial charge is 0.415 e. The first-order valence-corrected chi connectivity index (χ1v) is 8.79. The fraction of sp³-hybridized carbons (Fsp3) is 0.286. The number of benzene rings is 2. The molecule has 2 aromatic rings. The molecule has 0 radical (unpaired) electrons. The number of carbonyl (C=O) groups excluding carboxylic acids is 3. The summed E-state index contributed by atoms with van der Waals surface area (Å²) in [6.45, 7) is 5.98. The minimum atomic E-state index is -0.841. The van der Waals surface area contributed by atoms with Gasteiger partial charge in [-0.25, -0.2) is 9.59 Å². The van der Waals surface area contributed by atoms with Gasteiger partial charge >= 0.3 is 12.1 Å². The van der Waals surface area contributed by atoms with Crippen LogP contribution in [0.4, 0.5) is 4.79 Å². The molecule has 6 nitrogen and oxygen atoms in total. The molecule has 0 bridgehead atoms. The normalized spacial score (nSPS) is 11.6. The first-order valence-electron chi connectivity index (χ1n) is 8.79. The van der Waals surface area contributed by atoms with E-state index in [9.17, 15) is 14.4 Å². The van der Waals surface area contributed by atoms with Crippen LogP contribution in [0.25, 0.3) is 0 Å². The zero-order valence-corrected chi connectivity index (χ0v) is 15.7. The van der Waals surface area contributed by atoms with Crippen molar-refractivity contribution in [3.63, 3.8) is 0 Å². The third kappa shape index (κ3) is 6.26. The van der Waals surface area contributed by atoms with Gasteiger partial charge in [-0.1, -0.05) is 49.7 Å². The van der Waals surface area contributed by atoms with Gasteiger partial charge in [0.05, 0.1) is 11.6 Å². The lowest BCUT2D eigenvalue weighted by Crippen LogP contribution is -2.47. The molecule has 0 unspecified atom stereocenters. The van der Waals surface area contributed by atoms with Gasteiger partial charge in [-0.15, -0.1) is 0 Å². The van der Waals surface area contributed by atoms with E-state index >= 15 is 0 Å². The first kappa shape index (κ1) is 20.2. The van der Waals surface area contributed by atoms with Crippen molar-refractivity contribution in [2.45, 2.75) is 26.8 Å². The summed E-state index contributed by atoms with van der Waals surface area (Å²) in [5, 5.41) is 5.43. The molecule has 6 heteroatoms. The van der Waals surface area contributed by atoms with Gasteiger partial charge in [-0.3, -0.25) is 4.79 Å². The molecule has 0 heterocycles. The number of alkyl carbamates (subject to hydrolysis) is 1. The molecule has 1 atom stereocenters. The second-order valence-electron chi connectivity index (χ2n) is 6.61. The fourth-order valence-corrected chi connectivity index (χ4v) is 2.36. The predicted molar refractivity (Wildman–Crippen MR) is 103 cm³/mol. The summed E-state index contributed by atoms with van der Waals surface area (Å²) in [5.74, 6) is -0.918. The molecule has 0 aliphatic carbocycles. The average molecular weight is 368 g/mol. The molecule has 142 valence electrons. The predicted octanol–water partition coefficient (Wildman–Crippen LogP) is 3.32. The molecule has 2 rings (SSSR count). The summed E-state index contributed by atoms with van der Waals surface area (Å²) in [4.78, 5) is 36.2. The topological polar surface area (TPSA) is 84.5 Å². The second kappa shape index (κ2) is 9.52. The van der Waals surface area contributed by atoms with Gasteiger partial charge < -0.3 is 15.4 Å². The van der Waals surface area contributed by atoms with E-state index in [1.165, 1.54) is 0 Å². The molecule has 0 aliphatic rings. The number of ether oxygens (including phenoxy) is 1. The summed E-state index contributed by atoms with van der Waals surface area (Å²) in [6.07, 6.45) is -0.841. The maximum atomic E-state index is 12.2. The summed E-state index contributed by atoms with van der Waals surface area (Å²) in [5.41, 5.74) is 1.91. The fourth-order valence-electron chi connectivity index (χ4n) is 2.36. The SMILES string of the molecule is Cc1ccc(C(=O)NC[C@@H](NC(=O)OC(=O)c2ccccc2)C(C)C)cc1.